The summed E-state index contributed by atoms with van der Waals surface area (Å²) < 4.78 is 33.3. The van der Waals surface area contributed by atoms with Crippen molar-refractivity contribution >= 4 is 19.8 Å². The van der Waals surface area contributed by atoms with Crippen molar-refractivity contribution in [1.29, 1.82) is 0 Å². The van der Waals surface area contributed by atoms with Crippen molar-refractivity contribution in [3.8, 4) is 0 Å². The van der Waals surface area contributed by atoms with Crippen LogP contribution in [0.15, 0.2) is 134 Å². The van der Waals surface area contributed by atoms with Gasteiger partial charge in [-0.3, -0.25) is 18.6 Å². The molecule has 0 amide bonds. The third kappa shape index (κ3) is 81.0. The molecule has 0 heterocycles. The Kier molecular flexibility index (Phi) is 77.9. The molecular formula is C87H152NO8P. The van der Waals surface area contributed by atoms with E-state index >= 15 is 0 Å². The highest BCUT2D eigenvalue weighted by Crippen LogP contribution is 2.43. The summed E-state index contributed by atoms with van der Waals surface area (Å²) in [6.07, 6.45) is 116. The Morgan fingerprint density at radius 1 is 0.309 bits per heavy atom. The molecule has 0 aliphatic heterocycles. The zero-order valence-electron chi connectivity index (χ0n) is 63.0. The Bertz CT molecular complexity index is 2060. The molecule has 0 aliphatic carbocycles. The smallest absolute Gasteiger partial charge is 0.462 e. The topological polar surface area (TPSA) is 134 Å². The Labute approximate surface area is 599 Å². The third-order valence-corrected chi connectivity index (χ3v) is 18.5. The predicted molar refractivity (Wildman–Crippen MR) is 422 cm³/mol. The number of phosphoric ester groups is 1. The fraction of sp³-hybridized carbons (Fsp3) is 0.724. The normalized spacial score (nSPS) is 13.6. The quantitative estimate of drug-likeness (QED) is 0.0264. The van der Waals surface area contributed by atoms with Crippen LogP contribution >= 0.6 is 7.82 Å². The number of nitrogens with two attached hydrogens (primary N) is 1. The van der Waals surface area contributed by atoms with Crippen LogP contribution in [0.25, 0.3) is 0 Å². The molecular weight excluding hydrogens is 1220 g/mol. The molecule has 10 heteroatoms. The molecule has 97 heavy (non-hydrogen) atoms. The molecule has 0 spiro atoms. The molecule has 0 saturated carbocycles. The molecule has 0 aromatic carbocycles. The number of hydrogen-bond donors (Lipinski definition) is 2. The first kappa shape index (κ1) is 93.2. The minimum absolute atomic E-state index is 0.0516. The van der Waals surface area contributed by atoms with Gasteiger partial charge in [-0.25, -0.2) is 4.57 Å². The summed E-state index contributed by atoms with van der Waals surface area (Å²) in [6.45, 7) is 3.56. The summed E-state index contributed by atoms with van der Waals surface area (Å²) >= 11 is 0. The summed E-state index contributed by atoms with van der Waals surface area (Å²) in [7, 11) is -4.40. The average Bonchev–Trinajstić information content (AvgIpc) is 2.88. The summed E-state index contributed by atoms with van der Waals surface area (Å²) in [5.74, 6) is -0.813. The number of phosphoric acid groups is 1. The number of hydrogen-bond acceptors (Lipinski definition) is 8. The largest absolute Gasteiger partial charge is 0.472 e. The number of ether oxygens (including phenoxy) is 2. The monoisotopic (exact) mass is 1370 g/mol. The SMILES string of the molecule is CC/C=C\C/C=C\C/C=C\C/C=C\C/C=C\C/C=C\C/C=C\CCCCCCCCCCCCCCCCCCCC(=O)OC(COC(=O)CCCCCCCCCCCCCCCCCCCCCCCCCC/C=C\C/C=C\C/C=C\C/C=C\CC)COP(=O)(O)OCCN. The van der Waals surface area contributed by atoms with Crippen molar-refractivity contribution in [2.24, 2.45) is 5.73 Å². The highest BCUT2D eigenvalue weighted by atomic mass is 31.2. The molecule has 9 nitrogen and oxygen atoms in total. The van der Waals surface area contributed by atoms with Gasteiger partial charge in [-0.2, -0.15) is 0 Å². The van der Waals surface area contributed by atoms with E-state index < -0.39 is 26.5 Å². The van der Waals surface area contributed by atoms with E-state index in [1.54, 1.807) is 0 Å². The van der Waals surface area contributed by atoms with Crippen molar-refractivity contribution in [1.82, 2.24) is 0 Å². The molecule has 0 aliphatic rings. The van der Waals surface area contributed by atoms with Crippen LogP contribution in [0.1, 0.15) is 373 Å². The number of rotatable bonds is 76. The van der Waals surface area contributed by atoms with Crippen molar-refractivity contribution in [3.63, 3.8) is 0 Å². The minimum Gasteiger partial charge on any atom is -0.462 e. The van der Waals surface area contributed by atoms with Gasteiger partial charge < -0.3 is 20.1 Å². The van der Waals surface area contributed by atoms with Crippen LogP contribution in [0.4, 0.5) is 0 Å². The average molecular weight is 1370 g/mol. The van der Waals surface area contributed by atoms with Crippen molar-refractivity contribution in [2.75, 3.05) is 26.4 Å². The predicted octanol–water partition coefficient (Wildman–Crippen LogP) is 27.5. The van der Waals surface area contributed by atoms with Gasteiger partial charge in [0.1, 0.15) is 6.61 Å². The first-order valence-corrected chi connectivity index (χ1v) is 42.2. The fourth-order valence-corrected chi connectivity index (χ4v) is 12.4. The van der Waals surface area contributed by atoms with Crippen LogP contribution in [0, 0.1) is 0 Å². The third-order valence-electron chi connectivity index (χ3n) is 17.5. The van der Waals surface area contributed by atoms with Gasteiger partial charge in [-0.05, 0) is 109 Å². The maximum Gasteiger partial charge on any atom is 0.472 e. The first-order valence-electron chi connectivity index (χ1n) is 40.7. The summed E-state index contributed by atoms with van der Waals surface area (Å²) in [5, 5.41) is 0. The molecule has 0 fully saturated rings. The van der Waals surface area contributed by atoms with Gasteiger partial charge in [-0.1, -0.05) is 385 Å². The highest BCUT2D eigenvalue weighted by molar-refractivity contribution is 7.47. The van der Waals surface area contributed by atoms with Crippen LogP contribution in [-0.2, 0) is 32.7 Å². The molecule has 0 radical (unpaired) electrons. The molecule has 0 aromatic heterocycles. The number of esters is 2. The maximum atomic E-state index is 12.8. The van der Waals surface area contributed by atoms with Crippen molar-refractivity contribution < 1.29 is 37.6 Å². The number of carbonyl (C=O) groups is 2. The summed E-state index contributed by atoms with van der Waals surface area (Å²) in [4.78, 5) is 35.5. The van der Waals surface area contributed by atoms with Gasteiger partial charge in [0, 0.05) is 19.4 Å². The van der Waals surface area contributed by atoms with Crippen LogP contribution < -0.4 is 5.73 Å². The summed E-state index contributed by atoms with van der Waals surface area (Å²) in [6, 6.07) is 0. The molecule has 0 saturated heterocycles. The number of unbranched alkanes of at least 4 members (excludes halogenated alkanes) is 41. The van der Waals surface area contributed by atoms with E-state index in [-0.39, 0.29) is 38.6 Å². The zero-order chi connectivity index (χ0) is 70.0. The molecule has 3 N–H and O–H groups in total. The van der Waals surface area contributed by atoms with E-state index in [1.807, 2.05) is 0 Å². The van der Waals surface area contributed by atoms with Crippen molar-refractivity contribution in [2.45, 2.75) is 380 Å². The lowest BCUT2D eigenvalue weighted by molar-refractivity contribution is -0.161. The van der Waals surface area contributed by atoms with Gasteiger partial charge in [-0.15, -0.1) is 0 Å². The standard InChI is InChI=1S/C87H152NO8P/c1-3-5-7-9-11-13-15-17-19-21-23-25-27-29-31-33-35-37-39-41-42-44-46-48-50-52-54-56-58-60-62-64-66-68-70-72-74-76-78-80-87(90)96-85(84-95-97(91,92)94-82-81-88)83-93-86(89)79-77-75-73-71-69-67-65-63-61-59-57-55-53-51-49-47-45-43-40-38-36-34-32-30-28-26-24-22-20-18-16-14-12-10-8-6-4-2/h5-8,11-14,17-20,23-26,29,31,35,37,41-42,85H,3-4,9-10,15-16,21-22,27-28,30,32-34,36,38-40,43-84,88H2,1-2H3,(H,91,92)/b7-5-,8-6-,13-11-,14-12-,19-17-,20-18-,25-23-,26-24-,31-29-,37-35-,42-41-. The van der Waals surface area contributed by atoms with Crippen LogP contribution in [0.3, 0.4) is 0 Å². The van der Waals surface area contributed by atoms with E-state index in [0.717, 1.165) is 109 Å². The highest BCUT2D eigenvalue weighted by Gasteiger charge is 2.26. The van der Waals surface area contributed by atoms with Crippen LogP contribution in [-0.4, -0.2) is 49.3 Å². The van der Waals surface area contributed by atoms with Crippen LogP contribution in [0.5, 0.6) is 0 Å². The van der Waals surface area contributed by atoms with Crippen molar-refractivity contribution in [3.05, 3.63) is 134 Å². The minimum atomic E-state index is -4.40. The second kappa shape index (κ2) is 81.1. The Morgan fingerprint density at radius 3 is 0.794 bits per heavy atom. The van der Waals surface area contributed by atoms with E-state index in [1.165, 1.54) is 231 Å². The molecule has 0 rings (SSSR count). The first-order chi connectivity index (χ1) is 47.8. The van der Waals surface area contributed by atoms with E-state index in [9.17, 15) is 19.0 Å². The van der Waals surface area contributed by atoms with Gasteiger partial charge in [0.05, 0.1) is 13.2 Å². The second-order valence-electron chi connectivity index (χ2n) is 26.9. The Hall–Kier alpha value is -3.85. The molecule has 558 valence electrons. The van der Waals surface area contributed by atoms with E-state index in [0.29, 0.717) is 6.42 Å². The lowest BCUT2D eigenvalue weighted by Crippen LogP contribution is -2.29. The lowest BCUT2D eigenvalue weighted by Gasteiger charge is -2.19. The van der Waals surface area contributed by atoms with E-state index in [2.05, 4.69) is 148 Å². The molecule has 2 unspecified atom stereocenters. The maximum absolute atomic E-state index is 12.8. The molecule has 0 bridgehead atoms. The molecule has 2 atom stereocenters. The lowest BCUT2D eigenvalue weighted by atomic mass is 10.0. The zero-order valence-corrected chi connectivity index (χ0v) is 63.9. The van der Waals surface area contributed by atoms with Crippen LogP contribution in [0.2, 0.25) is 0 Å². The van der Waals surface area contributed by atoms with Gasteiger partial charge in [0.2, 0.25) is 0 Å². The second-order valence-corrected chi connectivity index (χ2v) is 28.3. The van der Waals surface area contributed by atoms with Gasteiger partial charge in [0.15, 0.2) is 6.10 Å². The van der Waals surface area contributed by atoms with Gasteiger partial charge >= 0.3 is 19.8 Å². The summed E-state index contributed by atoms with van der Waals surface area (Å²) in [5.41, 5.74) is 5.42. The molecule has 0 aromatic rings. The Balaban J connectivity index is 3.79. The van der Waals surface area contributed by atoms with Gasteiger partial charge in [0.25, 0.3) is 0 Å². The fourth-order valence-electron chi connectivity index (χ4n) is 11.6. The number of carbonyl (C=O) groups excluding carboxylic acids is 2. The Morgan fingerprint density at radius 2 is 0.536 bits per heavy atom. The van der Waals surface area contributed by atoms with E-state index in [4.69, 9.17) is 24.3 Å². The number of allylic oxidation sites excluding steroid dienone is 22.